The van der Waals surface area contributed by atoms with Gasteiger partial charge in [-0.25, -0.2) is 0 Å². The summed E-state index contributed by atoms with van der Waals surface area (Å²) in [6.45, 7) is 16.5. The van der Waals surface area contributed by atoms with Gasteiger partial charge in [0, 0.05) is 23.3 Å². The maximum atomic E-state index is 4.15. The zero-order valence-corrected chi connectivity index (χ0v) is 15.9. The molecule has 1 radical (unpaired) electrons. The summed E-state index contributed by atoms with van der Waals surface area (Å²) in [6.07, 6.45) is 12.0. The van der Waals surface area contributed by atoms with Crippen LogP contribution in [0.1, 0.15) is 46.6 Å². The van der Waals surface area contributed by atoms with Crippen molar-refractivity contribution in [2.75, 3.05) is 11.4 Å². The van der Waals surface area contributed by atoms with Gasteiger partial charge in [0.25, 0.3) is 0 Å². The van der Waals surface area contributed by atoms with Crippen LogP contribution in [0.25, 0.3) is 0 Å². The number of hydrogen-bond acceptors (Lipinski definition) is 1. The van der Waals surface area contributed by atoms with Gasteiger partial charge in [0.2, 0.25) is 0 Å². The second-order valence-electron chi connectivity index (χ2n) is 7.52. The molecule has 1 heterocycles. The second kappa shape index (κ2) is 7.88. The molecule has 0 fully saturated rings. The third-order valence-electron chi connectivity index (χ3n) is 4.94. The Kier molecular flexibility index (Phi) is 6.10. The van der Waals surface area contributed by atoms with Crippen molar-refractivity contribution in [3.63, 3.8) is 0 Å². The Balaban J connectivity index is 2.24. The third kappa shape index (κ3) is 3.83. The fraction of sp³-hybridized carbons (Fsp3) is 0.435. The van der Waals surface area contributed by atoms with E-state index in [9.17, 15) is 0 Å². The van der Waals surface area contributed by atoms with Gasteiger partial charge in [-0.2, -0.15) is 0 Å². The van der Waals surface area contributed by atoms with E-state index < -0.39 is 0 Å². The van der Waals surface area contributed by atoms with Crippen LogP contribution >= 0.6 is 0 Å². The van der Waals surface area contributed by atoms with Gasteiger partial charge in [0.1, 0.15) is 0 Å². The molecule has 1 unspecified atom stereocenters. The molecule has 0 saturated carbocycles. The van der Waals surface area contributed by atoms with E-state index in [1.807, 2.05) is 0 Å². The molecule has 0 aromatic heterocycles. The van der Waals surface area contributed by atoms with E-state index in [4.69, 9.17) is 0 Å². The number of fused-ring (bicyclic) bond motifs is 1. The Hall–Kier alpha value is -1.76. The molecule has 0 saturated heterocycles. The van der Waals surface area contributed by atoms with Crippen molar-refractivity contribution >= 4 is 5.69 Å². The zero-order valence-electron chi connectivity index (χ0n) is 15.9. The van der Waals surface area contributed by atoms with Gasteiger partial charge in [0.15, 0.2) is 0 Å². The molecular formula is C23H32N. The van der Waals surface area contributed by atoms with Crippen LogP contribution in [0, 0.1) is 18.8 Å². The number of anilines is 1. The molecule has 1 atom stereocenters. The minimum Gasteiger partial charge on any atom is -0.344 e. The minimum atomic E-state index is 0.0482. The van der Waals surface area contributed by atoms with Crippen molar-refractivity contribution in [3.8, 4) is 0 Å². The van der Waals surface area contributed by atoms with Crippen LogP contribution in [-0.4, -0.2) is 6.54 Å². The van der Waals surface area contributed by atoms with E-state index in [-0.39, 0.29) is 5.41 Å². The Morgan fingerprint density at radius 1 is 1.12 bits per heavy atom. The predicted octanol–water partition coefficient (Wildman–Crippen LogP) is 6.30. The number of hydrogen-bond donors (Lipinski definition) is 0. The standard InChI is InChI=1S/C23H32N/c1-7-17-24-21-15-12-11-14-20(21)23(5,6)22(24)16-10-8-9-13-19(4)18(2)3/h8-16,18-19H,4,7,17H2,1-3,5-6H3. The quantitative estimate of drug-likeness (QED) is 0.556. The smallest absolute Gasteiger partial charge is 0.0450 e. The van der Waals surface area contributed by atoms with Crippen LogP contribution in [-0.2, 0) is 5.41 Å². The Bertz CT molecular complexity index is 631. The van der Waals surface area contributed by atoms with Crippen molar-refractivity contribution in [3.05, 3.63) is 72.8 Å². The molecule has 129 valence electrons. The first-order valence-corrected chi connectivity index (χ1v) is 9.15. The third-order valence-corrected chi connectivity index (χ3v) is 4.94. The zero-order chi connectivity index (χ0) is 17.7. The average molecular weight is 323 g/mol. The number of nitrogens with zero attached hydrogens (tertiary/aromatic N) is 1. The Morgan fingerprint density at radius 3 is 2.50 bits per heavy atom. The van der Waals surface area contributed by atoms with E-state index in [2.05, 4.69) is 101 Å². The molecule has 0 aliphatic carbocycles. The second-order valence-corrected chi connectivity index (χ2v) is 7.52. The molecule has 24 heavy (non-hydrogen) atoms. The summed E-state index contributed by atoms with van der Waals surface area (Å²) in [7, 11) is 0. The molecule has 1 aromatic rings. The monoisotopic (exact) mass is 322 g/mol. The first-order valence-electron chi connectivity index (χ1n) is 9.15. The lowest BCUT2D eigenvalue weighted by molar-refractivity contribution is 0.547. The fourth-order valence-electron chi connectivity index (χ4n) is 3.25. The summed E-state index contributed by atoms with van der Waals surface area (Å²) in [5.41, 5.74) is 4.21. The summed E-state index contributed by atoms with van der Waals surface area (Å²) < 4.78 is 0. The van der Waals surface area contributed by atoms with Crippen molar-refractivity contribution in [2.24, 2.45) is 11.8 Å². The molecule has 1 heteroatoms. The lowest BCUT2D eigenvalue weighted by Gasteiger charge is -2.26. The average Bonchev–Trinajstić information content (AvgIpc) is 2.76. The normalized spacial score (nSPS) is 19.8. The van der Waals surface area contributed by atoms with Crippen LogP contribution in [0.4, 0.5) is 5.69 Å². The van der Waals surface area contributed by atoms with Crippen molar-refractivity contribution < 1.29 is 0 Å². The minimum absolute atomic E-state index is 0.0482. The maximum absolute atomic E-state index is 4.15. The molecule has 0 spiro atoms. The van der Waals surface area contributed by atoms with E-state index >= 15 is 0 Å². The molecule has 0 N–H and O–H groups in total. The molecule has 1 nitrogen and oxygen atoms in total. The SMILES string of the molecule is [CH2]C(C=CC=CC=C1N(CCC)c2ccccc2C1(C)C)C(C)C. The highest BCUT2D eigenvalue weighted by Crippen LogP contribution is 2.47. The number of allylic oxidation sites excluding steroid dienone is 6. The highest BCUT2D eigenvalue weighted by Gasteiger charge is 2.38. The van der Waals surface area contributed by atoms with Gasteiger partial charge >= 0.3 is 0 Å². The van der Waals surface area contributed by atoms with Gasteiger partial charge < -0.3 is 4.90 Å². The van der Waals surface area contributed by atoms with Crippen LogP contribution in [0.15, 0.2) is 60.3 Å². The highest BCUT2D eigenvalue weighted by atomic mass is 15.2. The fourth-order valence-corrected chi connectivity index (χ4v) is 3.25. The summed E-state index contributed by atoms with van der Waals surface area (Å²) in [6, 6.07) is 8.79. The topological polar surface area (TPSA) is 3.24 Å². The van der Waals surface area contributed by atoms with Crippen LogP contribution < -0.4 is 4.90 Å². The van der Waals surface area contributed by atoms with E-state index in [1.54, 1.807) is 0 Å². The van der Waals surface area contributed by atoms with E-state index in [0.717, 1.165) is 13.0 Å². The first kappa shape index (κ1) is 18.6. The molecule has 1 aliphatic rings. The van der Waals surface area contributed by atoms with Crippen LogP contribution in [0.5, 0.6) is 0 Å². The van der Waals surface area contributed by atoms with Crippen molar-refractivity contribution in [2.45, 2.75) is 46.5 Å². The summed E-state index contributed by atoms with van der Waals surface area (Å²) in [5.74, 6) is 0.947. The van der Waals surface area contributed by atoms with Gasteiger partial charge in [-0.05, 0) is 42.9 Å². The van der Waals surface area contributed by atoms with E-state index in [0.29, 0.717) is 11.8 Å². The Labute approximate surface area is 148 Å². The summed E-state index contributed by atoms with van der Waals surface area (Å²) in [4.78, 5) is 2.47. The van der Waals surface area contributed by atoms with Crippen molar-refractivity contribution in [1.82, 2.24) is 0 Å². The predicted molar refractivity (Wildman–Crippen MR) is 107 cm³/mol. The maximum Gasteiger partial charge on any atom is 0.0450 e. The number of para-hydroxylation sites is 1. The molecule has 2 rings (SSSR count). The summed E-state index contributed by atoms with van der Waals surface area (Å²) in [5, 5.41) is 0. The molecule has 1 aromatic carbocycles. The largest absolute Gasteiger partial charge is 0.344 e. The summed E-state index contributed by atoms with van der Waals surface area (Å²) >= 11 is 0. The van der Waals surface area contributed by atoms with Crippen LogP contribution in [0.2, 0.25) is 0 Å². The number of rotatable bonds is 6. The number of benzene rings is 1. The molecule has 0 bridgehead atoms. The van der Waals surface area contributed by atoms with Gasteiger partial charge in [-0.3, -0.25) is 0 Å². The molecule has 0 amide bonds. The lowest BCUT2D eigenvalue weighted by Crippen LogP contribution is -2.26. The van der Waals surface area contributed by atoms with Gasteiger partial charge in [-0.1, -0.05) is 77.1 Å². The van der Waals surface area contributed by atoms with Gasteiger partial charge in [-0.15, -0.1) is 0 Å². The van der Waals surface area contributed by atoms with Gasteiger partial charge in [0.05, 0.1) is 0 Å². The molecule has 1 aliphatic heterocycles. The van der Waals surface area contributed by atoms with E-state index in [1.165, 1.54) is 16.9 Å². The highest BCUT2D eigenvalue weighted by molar-refractivity contribution is 5.70. The van der Waals surface area contributed by atoms with Crippen LogP contribution in [0.3, 0.4) is 0 Å². The lowest BCUT2D eigenvalue weighted by atomic mass is 9.84. The first-order chi connectivity index (χ1) is 11.4. The Morgan fingerprint density at radius 2 is 1.83 bits per heavy atom. The van der Waals surface area contributed by atoms with Crippen molar-refractivity contribution in [1.29, 1.82) is 0 Å². The molecular weight excluding hydrogens is 290 g/mol.